The van der Waals surface area contributed by atoms with Crippen LogP contribution >= 0.6 is 11.6 Å². The molecule has 1 aliphatic rings. The zero-order valence-corrected chi connectivity index (χ0v) is 13.9. The number of ketones is 1. The van der Waals surface area contributed by atoms with Gasteiger partial charge in [-0.3, -0.25) is 9.59 Å². The van der Waals surface area contributed by atoms with Crippen LogP contribution in [-0.4, -0.2) is 25.4 Å². The van der Waals surface area contributed by atoms with Gasteiger partial charge in [-0.1, -0.05) is 23.7 Å². The van der Waals surface area contributed by atoms with E-state index >= 15 is 0 Å². The minimum atomic E-state index is -0.336. The molecule has 1 N–H and O–H groups in total. The fourth-order valence-electron chi connectivity index (χ4n) is 2.70. The Labute approximate surface area is 144 Å². The van der Waals surface area contributed by atoms with Crippen molar-refractivity contribution in [3.63, 3.8) is 0 Å². The summed E-state index contributed by atoms with van der Waals surface area (Å²) in [6.07, 6.45) is 1.13. The number of nitrogens with one attached hydrogen (secondary N) is 1. The van der Waals surface area contributed by atoms with E-state index in [1.54, 1.807) is 36.4 Å². The molecule has 1 amide bonds. The third kappa shape index (κ3) is 3.36. The van der Waals surface area contributed by atoms with Gasteiger partial charge in [0.15, 0.2) is 12.4 Å². The Bertz CT molecular complexity index is 804. The minimum Gasteiger partial charge on any atom is -0.495 e. The number of methoxy groups -OCH3 is 1. The van der Waals surface area contributed by atoms with Gasteiger partial charge in [0.1, 0.15) is 11.5 Å². The highest BCUT2D eigenvalue weighted by atomic mass is 35.5. The van der Waals surface area contributed by atoms with Crippen molar-refractivity contribution in [1.29, 1.82) is 0 Å². The van der Waals surface area contributed by atoms with Gasteiger partial charge >= 0.3 is 0 Å². The molecule has 0 saturated heterocycles. The first kappa shape index (κ1) is 16.3. The van der Waals surface area contributed by atoms with Gasteiger partial charge < -0.3 is 14.8 Å². The number of carbonyl (C=O) groups excluding carboxylic acids is 2. The Kier molecular flexibility index (Phi) is 4.71. The maximum absolute atomic E-state index is 12.1. The topological polar surface area (TPSA) is 64.6 Å². The molecule has 0 atom stereocenters. The average Bonchev–Trinajstić information content (AvgIpc) is 2.95. The van der Waals surface area contributed by atoms with Crippen molar-refractivity contribution in [2.24, 2.45) is 0 Å². The number of ether oxygens (including phenoxy) is 2. The number of amides is 1. The molecule has 2 aromatic rings. The molecule has 0 bridgehead atoms. The molecule has 0 saturated carbocycles. The minimum absolute atomic E-state index is 0.114. The van der Waals surface area contributed by atoms with Gasteiger partial charge in [0.2, 0.25) is 0 Å². The first-order chi connectivity index (χ1) is 11.6. The van der Waals surface area contributed by atoms with Crippen LogP contribution in [-0.2, 0) is 11.2 Å². The first-order valence-corrected chi connectivity index (χ1v) is 7.87. The molecule has 6 heteroatoms. The Balaban J connectivity index is 1.67. The Morgan fingerprint density at radius 2 is 2.04 bits per heavy atom. The Morgan fingerprint density at radius 3 is 2.83 bits per heavy atom. The molecule has 24 heavy (non-hydrogen) atoms. The smallest absolute Gasteiger partial charge is 0.262 e. The molecule has 1 aliphatic carbocycles. The SMILES string of the molecule is COc1ccc(Cl)cc1NC(=O)COc1cccc2c1CCC2=O. The molecule has 0 fully saturated rings. The summed E-state index contributed by atoms with van der Waals surface area (Å²) >= 11 is 5.94. The molecule has 0 radical (unpaired) electrons. The van der Waals surface area contributed by atoms with Crippen LogP contribution in [0.15, 0.2) is 36.4 Å². The summed E-state index contributed by atoms with van der Waals surface area (Å²) in [5, 5.41) is 3.20. The predicted molar refractivity (Wildman–Crippen MR) is 91.2 cm³/mol. The lowest BCUT2D eigenvalue weighted by molar-refractivity contribution is -0.118. The quantitative estimate of drug-likeness (QED) is 0.900. The van der Waals surface area contributed by atoms with E-state index in [4.69, 9.17) is 21.1 Å². The molecular formula is C18H16ClNO4. The maximum Gasteiger partial charge on any atom is 0.262 e. The highest BCUT2D eigenvalue weighted by molar-refractivity contribution is 6.31. The van der Waals surface area contributed by atoms with E-state index in [9.17, 15) is 9.59 Å². The maximum atomic E-state index is 12.1. The van der Waals surface area contributed by atoms with Gasteiger partial charge in [-0.2, -0.15) is 0 Å². The predicted octanol–water partition coefficient (Wildman–Crippen LogP) is 3.50. The van der Waals surface area contributed by atoms with Gasteiger partial charge in [-0.05, 0) is 30.7 Å². The van der Waals surface area contributed by atoms with Crippen molar-refractivity contribution in [2.75, 3.05) is 19.0 Å². The van der Waals surface area contributed by atoms with Crippen molar-refractivity contribution in [1.82, 2.24) is 0 Å². The molecule has 5 nitrogen and oxygen atoms in total. The first-order valence-electron chi connectivity index (χ1n) is 7.50. The average molecular weight is 346 g/mol. The zero-order valence-electron chi connectivity index (χ0n) is 13.1. The molecular weight excluding hydrogens is 330 g/mol. The van der Waals surface area contributed by atoms with Gasteiger partial charge in [0.05, 0.1) is 12.8 Å². The highest BCUT2D eigenvalue weighted by Crippen LogP contribution is 2.31. The van der Waals surface area contributed by atoms with Crippen LogP contribution in [0.4, 0.5) is 5.69 Å². The van der Waals surface area contributed by atoms with E-state index in [2.05, 4.69) is 5.32 Å². The van der Waals surface area contributed by atoms with Crippen LogP contribution in [0, 0.1) is 0 Å². The normalized spacial score (nSPS) is 12.7. The van der Waals surface area contributed by atoms with E-state index < -0.39 is 0 Å². The lowest BCUT2D eigenvalue weighted by Crippen LogP contribution is -2.21. The lowest BCUT2D eigenvalue weighted by atomic mass is 10.1. The number of carbonyl (C=O) groups is 2. The molecule has 0 spiro atoms. The molecule has 2 aromatic carbocycles. The number of Topliss-reactive ketones (excluding diaryl/α,β-unsaturated/α-hetero) is 1. The molecule has 0 heterocycles. The Morgan fingerprint density at radius 1 is 1.21 bits per heavy atom. The number of hydrogen-bond donors (Lipinski definition) is 1. The van der Waals surface area contributed by atoms with Crippen LogP contribution < -0.4 is 14.8 Å². The van der Waals surface area contributed by atoms with E-state index in [1.807, 2.05) is 0 Å². The van der Waals surface area contributed by atoms with Crippen molar-refractivity contribution in [3.8, 4) is 11.5 Å². The Hall–Kier alpha value is -2.53. The number of rotatable bonds is 5. The van der Waals surface area contributed by atoms with E-state index in [0.717, 1.165) is 5.56 Å². The lowest BCUT2D eigenvalue weighted by Gasteiger charge is -2.12. The summed E-state index contributed by atoms with van der Waals surface area (Å²) in [6.45, 7) is -0.166. The number of benzene rings is 2. The van der Waals surface area contributed by atoms with Crippen LogP contribution in [0.1, 0.15) is 22.3 Å². The fourth-order valence-corrected chi connectivity index (χ4v) is 2.87. The molecule has 0 aromatic heterocycles. The third-order valence-corrected chi connectivity index (χ3v) is 4.06. The van der Waals surface area contributed by atoms with Crippen molar-refractivity contribution in [3.05, 3.63) is 52.5 Å². The van der Waals surface area contributed by atoms with Gasteiger partial charge in [0.25, 0.3) is 5.91 Å². The van der Waals surface area contributed by atoms with Gasteiger partial charge in [-0.15, -0.1) is 0 Å². The summed E-state index contributed by atoms with van der Waals surface area (Å²) in [4.78, 5) is 23.9. The van der Waals surface area contributed by atoms with Crippen molar-refractivity contribution >= 4 is 29.0 Å². The fraction of sp³-hybridized carbons (Fsp3) is 0.222. The van der Waals surface area contributed by atoms with Gasteiger partial charge in [-0.25, -0.2) is 0 Å². The molecule has 3 rings (SSSR count). The van der Waals surface area contributed by atoms with Crippen LogP contribution in [0.5, 0.6) is 11.5 Å². The van der Waals surface area contributed by atoms with E-state index in [0.29, 0.717) is 40.6 Å². The van der Waals surface area contributed by atoms with Crippen LogP contribution in [0.25, 0.3) is 0 Å². The summed E-state index contributed by atoms with van der Waals surface area (Å²) < 4.78 is 10.8. The number of hydrogen-bond acceptors (Lipinski definition) is 4. The largest absolute Gasteiger partial charge is 0.495 e. The summed E-state index contributed by atoms with van der Waals surface area (Å²) in [6, 6.07) is 10.3. The van der Waals surface area contributed by atoms with Crippen molar-refractivity contribution < 1.29 is 19.1 Å². The standard InChI is InChI=1S/C18H16ClNO4/c1-23-17-8-5-11(19)9-14(17)20-18(22)10-24-16-4-2-3-12-13(16)6-7-15(12)21/h2-5,8-9H,6-7,10H2,1H3,(H,20,22). The number of fused-ring (bicyclic) bond motifs is 1. The second-order valence-corrected chi connectivity index (χ2v) is 5.82. The highest BCUT2D eigenvalue weighted by Gasteiger charge is 2.22. The molecule has 124 valence electrons. The third-order valence-electron chi connectivity index (χ3n) is 3.83. The summed E-state index contributed by atoms with van der Waals surface area (Å²) in [5.74, 6) is 0.867. The van der Waals surface area contributed by atoms with Crippen LogP contribution in [0.2, 0.25) is 5.02 Å². The van der Waals surface area contributed by atoms with Crippen LogP contribution in [0.3, 0.4) is 0 Å². The summed E-state index contributed by atoms with van der Waals surface area (Å²) in [7, 11) is 1.51. The van der Waals surface area contributed by atoms with E-state index in [1.165, 1.54) is 7.11 Å². The number of halogens is 1. The number of anilines is 1. The summed E-state index contributed by atoms with van der Waals surface area (Å²) in [5.41, 5.74) is 2.03. The molecule has 0 unspecified atom stereocenters. The second kappa shape index (κ2) is 6.93. The van der Waals surface area contributed by atoms with E-state index in [-0.39, 0.29) is 18.3 Å². The monoisotopic (exact) mass is 345 g/mol. The zero-order chi connectivity index (χ0) is 17.1. The second-order valence-electron chi connectivity index (χ2n) is 5.39. The van der Waals surface area contributed by atoms with Gasteiger partial charge in [0, 0.05) is 22.6 Å². The van der Waals surface area contributed by atoms with Crippen molar-refractivity contribution in [2.45, 2.75) is 12.8 Å². The molecule has 0 aliphatic heterocycles.